The molecule has 154 valence electrons. The van der Waals surface area contributed by atoms with Crippen molar-refractivity contribution in [3.05, 3.63) is 71.9 Å². The highest BCUT2D eigenvalue weighted by atomic mass is 16.5. The van der Waals surface area contributed by atoms with Crippen molar-refractivity contribution in [2.75, 3.05) is 17.7 Å². The lowest BCUT2D eigenvalue weighted by Gasteiger charge is -2.25. The summed E-state index contributed by atoms with van der Waals surface area (Å²) in [5.74, 6) is 1.25. The monoisotopic (exact) mass is 404 g/mol. The van der Waals surface area contributed by atoms with E-state index in [0.717, 1.165) is 24.2 Å². The maximum absolute atomic E-state index is 12.9. The summed E-state index contributed by atoms with van der Waals surface area (Å²) in [6.07, 6.45) is 12.8. The van der Waals surface area contributed by atoms with Gasteiger partial charge in [0.25, 0.3) is 5.91 Å². The molecule has 0 aromatic carbocycles. The molecule has 2 unspecified atom stereocenters. The number of pyridine rings is 2. The third kappa shape index (κ3) is 4.40. The Morgan fingerprint density at radius 3 is 2.73 bits per heavy atom. The predicted molar refractivity (Wildman–Crippen MR) is 114 cm³/mol. The predicted octanol–water partition coefficient (Wildman–Crippen LogP) is 3.90. The quantitative estimate of drug-likeness (QED) is 0.762. The highest BCUT2D eigenvalue weighted by molar-refractivity contribution is 6.05. The summed E-state index contributed by atoms with van der Waals surface area (Å²) >= 11 is 0. The number of hydrogen-bond acceptors (Lipinski definition) is 5. The second kappa shape index (κ2) is 8.49. The minimum Gasteiger partial charge on any atom is -0.497 e. The fourth-order valence-electron chi connectivity index (χ4n) is 3.52. The van der Waals surface area contributed by atoms with Crippen molar-refractivity contribution in [3.8, 4) is 0 Å². The maximum Gasteiger partial charge on any atom is 0.255 e. The van der Waals surface area contributed by atoms with E-state index in [4.69, 9.17) is 4.74 Å². The third-order valence-electron chi connectivity index (χ3n) is 5.38. The van der Waals surface area contributed by atoms with Crippen LogP contribution in [0.5, 0.6) is 0 Å². The van der Waals surface area contributed by atoms with Gasteiger partial charge < -0.3 is 15.4 Å². The van der Waals surface area contributed by atoms with Gasteiger partial charge in [-0.15, -0.1) is 0 Å². The highest BCUT2D eigenvalue weighted by Crippen LogP contribution is 2.35. The van der Waals surface area contributed by atoms with Gasteiger partial charge in [0.15, 0.2) is 0 Å². The zero-order valence-electron chi connectivity index (χ0n) is 17.0. The minimum absolute atomic E-state index is 0.0452. The van der Waals surface area contributed by atoms with E-state index >= 15 is 0 Å². The maximum atomic E-state index is 12.9. The molecule has 30 heavy (non-hydrogen) atoms. The molecule has 0 bridgehead atoms. The topological polar surface area (TPSA) is 93.2 Å². The van der Waals surface area contributed by atoms with Gasteiger partial charge in [0.1, 0.15) is 11.6 Å². The van der Waals surface area contributed by atoms with Crippen LogP contribution in [-0.4, -0.2) is 28.9 Å². The van der Waals surface area contributed by atoms with Gasteiger partial charge in [-0.1, -0.05) is 13.0 Å². The Hall–Kier alpha value is -3.48. The second-order valence-corrected chi connectivity index (χ2v) is 7.63. The molecule has 7 heteroatoms. The number of nitrogens with zero attached hydrogens (tertiary/aromatic N) is 2. The Morgan fingerprint density at radius 1 is 1.17 bits per heavy atom. The molecule has 0 spiro atoms. The fraction of sp³-hybridized carbons (Fsp3) is 0.304. The number of carbonyl (C=O) groups is 2. The first-order valence-electron chi connectivity index (χ1n) is 10.0. The van der Waals surface area contributed by atoms with Gasteiger partial charge in [-0.25, -0.2) is 4.98 Å². The number of hydrogen-bond donors (Lipinski definition) is 2. The molecular weight excluding hydrogens is 380 g/mol. The highest BCUT2D eigenvalue weighted by Gasteiger charge is 2.30. The molecule has 0 aliphatic heterocycles. The van der Waals surface area contributed by atoms with Crippen molar-refractivity contribution in [1.29, 1.82) is 0 Å². The summed E-state index contributed by atoms with van der Waals surface area (Å²) in [6, 6.07) is 5.12. The first kappa shape index (κ1) is 19.8. The number of anilines is 2. The summed E-state index contributed by atoms with van der Waals surface area (Å²) in [6.45, 7) is 2.11. The van der Waals surface area contributed by atoms with Crippen LogP contribution in [-0.2, 0) is 9.53 Å². The summed E-state index contributed by atoms with van der Waals surface area (Å²) in [4.78, 5) is 33.2. The average Bonchev–Trinajstić information content (AvgIpc) is 3.60. The summed E-state index contributed by atoms with van der Waals surface area (Å²) in [5.41, 5.74) is 2.04. The number of ether oxygens (including phenoxy) is 1. The summed E-state index contributed by atoms with van der Waals surface area (Å²) in [5, 5.41) is 5.73. The van der Waals surface area contributed by atoms with Gasteiger partial charge in [-0.2, -0.15) is 0 Å². The van der Waals surface area contributed by atoms with Gasteiger partial charge in [0.2, 0.25) is 5.91 Å². The van der Waals surface area contributed by atoms with Crippen molar-refractivity contribution in [2.24, 2.45) is 11.8 Å². The smallest absolute Gasteiger partial charge is 0.255 e. The lowest BCUT2D eigenvalue weighted by molar-refractivity contribution is -0.117. The Balaban J connectivity index is 1.51. The molecule has 2 aliphatic rings. The Bertz CT molecular complexity index is 1030. The van der Waals surface area contributed by atoms with Gasteiger partial charge in [0, 0.05) is 29.8 Å². The Labute approximate surface area is 175 Å². The molecule has 2 N–H and O–H groups in total. The molecule has 1 saturated carbocycles. The lowest BCUT2D eigenvalue weighted by atomic mass is 9.83. The summed E-state index contributed by atoms with van der Waals surface area (Å²) in [7, 11) is 1.65. The van der Waals surface area contributed by atoms with Crippen molar-refractivity contribution in [2.45, 2.75) is 25.7 Å². The van der Waals surface area contributed by atoms with Crippen LogP contribution >= 0.6 is 0 Å². The molecule has 2 aliphatic carbocycles. The fourth-order valence-corrected chi connectivity index (χ4v) is 3.52. The van der Waals surface area contributed by atoms with E-state index in [9.17, 15) is 9.59 Å². The zero-order chi connectivity index (χ0) is 21.1. The number of nitrogens with one attached hydrogen (secondary N) is 2. The molecule has 7 nitrogen and oxygen atoms in total. The standard InChI is InChI=1S/C23H24N4O3/c1-14-11-17(30-2)5-6-18(14)19-8-9-24-13-20(19)26-23(29)16-7-10-25-21(12-16)27-22(28)15-3-4-15/h5-15,18H,3-4H2,1-2H3,(H,26,29)(H,25,27,28). The number of rotatable bonds is 6. The number of methoxy groups -OCH3 is 1. The third-order valence-corrected chi connectivity index (χ3v) is 5.38. The molecule has 2 atom stereocenters. The van der Waals surface area contributed by atoms with E-state index in [1.807, 2.05) is 12.1 Å². The van der Waals surface area contributed by atoms with Gasteiger partial charge in [-0.3, -0.25) is 14.6 Å². The minimum atomic E-state index is -0.283. The van der Waals surface area contributed by atoms with E-state index in [-0.39, 0.29) is 29.6 Å². The molecule has 2 aromatic heterocycles. The van der Waals surface area contributed by atoms with Crippen LogP contribution in [0.4, 0.5) is 11.5 Å². The van der Waals surface area contributed by atoms with Gasteiger partial charge >= 0.3 is 0 Å². The molecule has 2 amide bonds. The number of aromatic nitrogens is 2. The van der Waals surface area contributed by atoms with Gasteiger partial charge in [0.05, 0.1) is 19.0 Å². The van der Waals surface area contributed by atoms with Crippen LogP contribution < -0.4 is 10.6 Å². The zero-order valence-corrected chi connectivity index (χ0v) is 17.0. The van der Waals surface area contributed by atoms with E-state index in [2.05, 4.69) is 39.7 Å². The summed E-state index contributed by atoms with van der Waals surface area (Å²) < 4.78 is 5.31. The Morgan fingerprint density at radius 2 is 2.00 bits per heavy atom. The number of amides is 2. The SMILES string of the molecule is COC1=CC(C)C(c2ccncc2NC(=O)c2ccnc(NC(=O)C3CC3)c2)C=C1. The van der Waals surface area contributed by atoms with E-state index in [1.165, 1.54) is 6.20 Å². The lowest BCUT2D eigenvalue weighted by Crippen LogP contribution is -2.18. The van der Waals surface area contributed by atoms with Crippen LogP contribution in [0.2, 0.25) is 0 Å². The first-order chi connectivity index (χ1) is 14.5. The van der Waals surface area contributed by atoms with Crippen LogP contribution in [0.25, 0.3) is 0 Å². The van der Waals surface area contributed by atoms with Crippen molar-refractivity contribution in [1.82, 2.24) is 9.97 Å². The molecule has 0 saturated heterocycles. The van der Waals surface area contributed by atoms with Crippen LogP contribution in [0.15, 0.2) is 60.8 Å². The first-order valence-corrected chi connectivity index (χ1v) is 10.0. The molecule has 0 radical (unpaired) electrons. The molecule has 2 heterocycles. The van der Waals surface area contributed by atoms with Crippen LogP contribution in [0, 0.1) is 11.8 Å². The molecule has 2 aromatic rings. The number of allylic oxidation sites excluding steroid dienone is 3. The normalized spacial score (nSPS) is 20.3. The molecule has 4 rings (SSSR count). The van der Waals surface area contributed by atoms with Crippen molar-refractivity contribution >= 4 is 23.3 Å². The van der Waals surface area contributed by atoms with Crippen molar-refractivity contribution < 1.29 is 14.3 Å². The number of carbonyl (C=O) groups excluding carboxylic acids is 2. The van der Waals surface area contributed by atoms with E-state index in [0.29, 0.717) is 17.1 Å². The molecule has 1 fully saturated rings. The van der Waals surface area contributed by atoms with Gasteiger partial charge in [-0.05, 0) is 54.7 Å². The molecular formula is C23H24N4O3. The second-order valence-electron chi connectivity index (χ2n) is 7.63. The van der Waals surface area contributed by atoms with Crippen LogP contribution in [0.3, 0.4) is 0 Å². The van der Waals surface area contributed by atoms with Crippen molar-refractivity contribution in [3.63, 3.8) is 0 Å². The van der Waals surface area contributed by atoms with E-state index in [1.54, 1.807) is 31.6 Å². The van der Waals surface area contributed by atoms with E-state index < -0.39 is 0 Å². The average molecular weight is 404 g/mol. The van der Waals surface area contributed by atoms with Crippen LogP contribution in [0.1, 0.15) is 41.6 Å². The largest absolute Gasteiger partial charge is 0.497 e. The Kier molecular flexibility index (Phi) is 5.61.